The Morgan fingerprint density at radius 3 is 2.55 bits per heavy atom. The molecule has 106 valence electrons. The zero-order valence-corrected chi connectivity index (χ0v) is 12.4. The molecular weight excluding hydrogens is 246 g/mol. The third-order valence-corrected chi connectivity index (χ3v) is 3.42. The highest BCUT2D eigenvalue weighted by Crippen LogP contribution is 2.14. The minimum absolute atomic E-state index is 0.874. The number of anilines is 1. The Morgan fingerprint density at radius 2 is 1.90 bits per heavy atom. The van der Waals surface area contributed by atoms with Gasteiger partial charge < -0.3 is 10.2 Å². The summed E-state index contributed by atoms with van der Waals surface area (Å²) in [7, 11) is 0. The van der Waals surface area contributed by atoms with Crippen LogP contribution >= 0.6 is 0 Å². The molecule has 1 fully saturated rings. The van der Waals surface area contributed by atoms with Crippen LogP contribution in [0.25, 0.3) is 0 Å². The Labute approximate surface area is 121 Å². The number of aryl methyl sites for hydroxylation is 1. The first-order valence-electron chi connectivity index (χ1n) is 7.13. The number of hydrogen-bond acceptors (Lipinski definition) is 2. The van der Waals surface area contributed by atoms with Crippen molar-refractivity contribution in [2.75, 3.05) is 18.4 Å². The van der Waals surface area contributed by atoms with Crippen LogP contribution in [0, 0.1) is 6.92 Å². The van der Waals surface area contributed by atoms with Gasteiger partial charge in [0, 0.05) is 30.7 Å². The number of nitrogens with one attached hydrogen (secondary N) is 1. The molecule has 0 radical (unpaired) electrons. The van der Waals surface area contributed by atoms with Crippen LogP contribution in [0.4, 0.5) is 5.69 Å². The lowest BCUT2D eigenvalue weighted by Gasteiger charge is -2.16. The molecule has 0 aliphatic carbocycles. The molecule has 1 heterocycles. The molecule has 0 amide bonds. The fraction of sp³-hybridized carbons (Fsp3) is 0.353. The Balaban J connectivity index is 1.86. The number of aliphatic imine (C=N–C) groups is 1. The molecule has 3 heteroatoms. The summed E-state index contributed by atoms with van der Waals surface area (Å²) < 4.78 is 0. The minimum Gasteiger partial charge on any atom is -0.372 e. The first-order chi connectivity index (χ1) is 9.65. The Bertz CT molecular complexity index is 506. The van der Waals surface area contributed by atoms with Gasteiger partial charge in [0.2, 0.25) is 0 Å². The summed E-state index contributed by atoms with van der Waals surface area (Å²) in [6, 6.07) is 8.28. The van der Waals surface area contributed by atoms with Crippen LogP contribution in [-0.4, -0.2) is 23.8 Å². The number of rotatable bonds is 4. The second-order valence-electron chi connectivity index (χ2n) is 5.21. The normalized spacial score (nSPS) is 15.9. The van der Waals surface area contributed by atoms with Gasteiger partial charge in [-0.2, -0.15) is 0 Å². The predicted octanol–water partition coefficient (Wildman–Crippen LogP) is 3.95. The Morgan fingerprint density at radius 1 is 1.25 bits per heavy atom. The maximum Gasteiger partial charge on any atom is 0.103 e. The van der Waals surface area contributed by atoms with Crippen LogP contribution in [-0.2, 0) is 0 Å². The molecule has 20 heavy (non-hydrogen) atoms. The largest absolute Gasteiger partial charge is 0.372 e. The fourth-order valence-corrected chi connectivity index (χ4v) is 2.22. The van der Waals surface area contributed by atoms with E-state index in [2.05, 4.69) is 53.0 Å². The van der Waals surface area contributed by atoms with Gasteiger partial charge in [0.1, 0.15) is 5.84 Å². The zero-order valence-electron chi connectivity index (χ0n) is 12.4. The maximum absolute atomic E-state index is 4.39. The quantitative estimate of drug-likeness (QED) is 0.509. The molecule has 3 nitrogen and oxygen atoms in total. The highest BCUT2D eigenvalue weighted by molar-refractivity contribution is 5.93. The van der Waals surface area contributed by atoms with Gasteiger partial charge in [-0.25, -0.2) is 4.99 Å². The molecule has 0 saturated carbocycles. The molecule has 1 saturated heterocycles. The summed E-state index contributed by atoms with van der Waals surface area (Å²) in [5.41, 5.74) is 3.37. The summed E-state index contributed by atoms with van der Waals surface area (Å²) in [5, 5.41) is 3.27. The van der Waals surface area contributed by atoms with Crippen LogP contribution in [0.3, 0.4) is 0 Å². The molecule has 0 unspecified atom stereocenters. The number of likely N-dealkylation sites (tertiary alicyclic amines) is 1. The predicted molar refractivity (Wildman–Crippen MR) is 87.0 cm³/mol. The molecule has 1 aliphatic heterocycles. The number of allylic oxidation sites excluding steroid dienone is 1. The average Bonchev–Trinajstić information content (AvgIpc) is 2.95. The number of benzene rings is 1. The van der Waals surface area contributed by atoms with Gasteiger partial charge in [0.25, 0.3) is 0 Å². The zero-order chi connectivity index (χ0) is 14.4. The van der Waals surface area contributed by atoms with Crippen molar-refractivity contribution in [3.05, 3.63) is 54.4 Å². The summed E-state index contributed by atoms with van der Waals surface area (Å²) in [6.45, 7) is 10.4. The first-order valence-corrected chi connectivity index (χ1v) is 7.13. The van der Waals surface area contributed by atoms with Crippen LogP contribution in [0.5, 0.6) is 0 Å². The molecule has 1 aromatic rings. The van der Waals surface area contributed by atoms with Gasteiger partial charge in [-0.05, 0) is 44.9 Å². The van der Waals surface area contributed by atoms with Crippen LogP contribution in [0.2, 0.25) is 0 Å². The number of nitrogens with zero attached hydrogens (tertiary/aromatic N) is 2. The fourth-order valence-electron chi connectivity index (χ4n) is 2.22. The minimum atomic E-state index is 0.874. The third-order valence-electron chi connectivity index (χ3n) is 3.42. The number of hydrogen-bond donors (Lipinski definition) is 1. The van der Waals surface area contributed by atoms with E-state index < -0.39 is 0 Å². The van der Waals surface area contributed by atoms with Gasteiger partial charge in [0.05, 0.1) is 0 Å². The Kier molecular flexibility index (Phi) is 4.99. The second kappa shape index (κ2) is 6.94. The molecule has 2 rings (SSSR count). The van der Waals surface area contributed by atoms with Gasteiger partial charge in [-0.3, -0.25) is 0 Å². The Hall–Kier alpha value is -2.03. The number of amidine groups is 1. The highest BCUT2D eigenvalue weighted by Gasteiger charge is 2.10. The molecule has 0 aromatic heterocycles. The van der Waals surface area contributed by atoms with Gasteiger partial charge in [0.15, 0.2) is 0 Å². The van der Waals surface area contributed by atoms with Crippen molar-refractivity contribution >= 4 is 11.5 Å². The molecule has 0 bridgehead atoms. The SMILES string of the molecule is C=C(/C=C\N=C(C)Nc1ccc(C)cc1)N1CCCC1. The van der Waals surface area contributed by atoms with Crippen molar-refractivity contribution in [2.45, 2.75) is 26.7 Å². The van der Waals surface area contributed by atoms with Crippen LogP contribution in [0.1, 0.15) is 25.3 Å². The summed E-state index contributed by atoms with van der Waals surface area (Å²) in [4.78, 5) is 6.69. The van der Waals surface area contributed by atoms with Crippen molar-refractivity contribution in [1.82, 2.24) is 4.90 Å². The van der Waals surface area contributed by atoms with E-state index >= 15 is 0 Å². The summed E-state index contributed by atoms with van der Waals surface area (Å²) in [6.07, 6.45) is 6.33. The van der Waals surface area contributed by atoms with Crippen molar-refractivity contribution in [3.8, 4) is 0 Å². The molecule has 1 aromatic carbocycles. The first kappa shape index (κ1) is 14.4. The second-order valence-corrected chi connectivity index (χ2v) is 5.21. The van der Waals surface area contributed by atoms with E-state index in [1.165, 1.54) is 18.4 Å². The van der Waals surface area contributed by atoms with Crippen LogP contribution in [0.15, 0.2) is 53.8 Å². The molecule has 1 aliphatic rings. The molecular formula is C17H23N3. The van der Waals surface area contributed by atoms with Crippen molar-refractivity contribution in [1.29, 1.82) is 0 Å². The standard InChI is InChI=1S/C17H23N3/c1-14-6-8-17(9-7-14)19-16(3)18-11-10-15(2)20-12-4-5-13-20/h6-11H,2,4-5,12-13H2,1,3H3,(H,18,19)/b11-10-. The van der Waals surface area contributed by atoms with E-state index in [0.717, 1.165) is 30.3 Å². The summed E-state index contributed by atoms with van der Waals surface area (Å²) in [5.74, 6) is 0.874. The summed E-state index contributed by atoms with van der Waals surface area (Å²) >= 11 is 0. The van der Waals surface area contributed by atoms with Crippen molar-refractivity contribution in [3.63, 3.8) is 0 Å². The van der Waals surface area contributed by atoms with E-state index in [9.17, 15) is 0 Å². The smallest absolute Gasteiger partial charge is 0.103 e. The monoisotopic (exact) mass is 269 g/mol. The van der Waals surface area contributed by atoms with E-state index in [1.807, 2.05) is 19.2 Å². The van der Waals surface area contributed by atoms with Crippen LogP contribution < -0.4 is 5.32 Å². The van der Waals surface area contributed by atoms with Crippen molar-refractivity contribution < 1.29 is 0 Å². The van der Waals surface area contributed by atoms with E-state index in [1.54, 1.807) is 0 Å². The van der Waals surface area contributed by atoms with Gasteiger partial charge in [-0.15, -0.1) is 0 Å². The van der Waals surface area contributed by atoms with Gasteiger partial charge >= 0.3 is 0 Å². The lowest BCUT2D eigenvalue weighted by Crippen LogP contribution is -2.16. The van der Waals surface area contributed by atoms with E-state index in [4.69, 9.17) is 0 Å². The third kappa shape index (κ3) is 4.26. The molecule has 0 atom stereocenters. The van der Waals surface area contributed by atoms with E-state index in [0.29, 0.717) is 0 Å². The van der Waals surface area contributed by atoms with Gasteiger partial charge in [-0.1, -0.05) is 24.3 Å². The molecule has 1 N–H and O–H groups in total. The lowest BCUT2D eigenvalue weighted by atomic mass is 10.2. The lowest BCUT2D eigenvalue weighted by molar-refractivity contribution is 0.442. The molecule has 0 spiro atoms. The average molecular weight is 269 g/mol. The van der Waals surface area contributed by atoms with E-state index in [-0.39, 0.29) is 0 Å². The topological polar surface area (TPSA) is 27.6 Å². The maximum atomic E-state index is 4.39. The van der Waals surface area contributed by atoms with Crippen molar-refractivity contribution in [2.24, 2.45) is 4.99 Å². The highest BCUT2D eigenvalue weighted by atomic mass is 15.1.